The molecule has 138 valence electrons. The summed E-state index contributed by atoms with van der Waals surface area (Å²) in [4.78, 5) is 15.7. The lowest BCUT2D eigenvalue weighted by molar-refractivity contribution is 0.0698. The molecule has 3 rings (SSSR count). The van der Waals surface area contributed by atoms with Crippen molar-refractivity contribution in [2.24, 2.45) is 0 Å². The van der Waals surface area contributed by atoms with Crippen molar-refractivity contribution in [3.8, 4) is 0 Å². The van der Waals surface area contributed by atoms with Gasteiger partial charge in [-0.15, -0.1) is 11.8 Å². The predicted molar refractivity (Wildman–Crippen MR) is 104 cm³/mol. The molecule has 7 heteroatoms. The number of thioether (sulfide) groups is 1. The first-order valence-electron chi connectivity index (χ1n) is 8.42. The molecule has 1 saturated heterocycles. The molecule has 0 N–H and O–H groups in total. The van der Waals surface area contributed by atoms with Crippen molar-refractivity contribution < 1.29 is 13.2 Å². The highest BCUT2D eigenvalue weighted by Crippen LogP contribution is 2.20. The van der Waals surface area contributed by atoms with Gasteiger partial charge in [0.25, 0.3) is 5.91 Å². The Morgan fingerprint density at radius 3 is 2.04 bits per heavy atom. The minimum atomic E-state index is -3.51. The summed E-state index contributed by atoms with van der Waals surface area (Å²) in [5.74, 6) is -0.0509. The van der Waals surface area contributed by atoms with Crippen LogP contribution >= 0.6 is 11.8 Å². The van der Waals surface area contributed by atoms with E-state index in [4.69, 9.17) is 0 Å². The van der Waals surface area contributed by atoms with E-state index in [2.05, 4.69) is 0 Å². The monoisotopic (exact) mass is 390 g/mol. The molecule has 1 aliphatic rings. The molecule has 26 heavy (non-hydrogen) atoms. The van der Waals surface area contributed by atoms with Crippen molar-refractivity contribution in [2.45, 2.75) is 16.7 Å². The summed E-state index contributed by atoms with van der Waals surface area (Å²) < 4.78 is 26.9. The van der Waals surface area contributed by atoms with E-state index in [0.29, 0.717) is 36.6 Å². The fourth-order valence-corrected chi connectivity index (χ4v) is 4.74. The Morgan fingerprint density at radius 2 is 1.50 bits per heavy atom. The molecular formula is C19H22N2O3S2. The van der Waals surface area contributed by atoms with Crippen molar-refractivity contribution in [3.63, 3.8) is 0 Å². The topological polar surface area (TPSA) is 57.7 Å². The van der Waals surface area contributed by atoms with E-state index in [0.717, 1.165) is 10.5 Å². The predicted octanol–water partition coefficient (Wildman–Crippen LogP) is 2.86. The Bertz CT molecular complexity index is 870. The summed E-state index contributed by atoms with van der Waals surface area (Å²) >= 11 is 1.63. The smallest absolute Gasteiger partial charge is 0.253 e. The molecule has 0 aromatic heterocycles. The number of aryl methyl sites for hydroxylation is 1. The fourth-order valence-electron chi connectivity index (χ4n) is 2.91. The first-order chi connectivity index (χ1) is 12.4. The molecule has 0 bridgehead atoms. The number of hydrogen-bond acceptors (Lipinski definition) is 4. The maximum Gasteiger partial charge on any atom is 0.253 e. The molecule has 2 aromatic carbocycles. The standard InChI is InChI=1S/C19H22N2O3S2/c1-15-3-9-18(10-4-15)26(23,24)21-13-11-20(12-14-21)19(22)16-5-7-17(25-2)8-6-16/h3-10H,11-14H2,1-2H3. The van der Waals surface area contributed by atoms with Gasteiger partial charge in [0.15, 0.2) is 0 Å². The Balaban J connectivity index is 1.66. The van der Waals surface area contributed by atoms with Crippen LogP contribution in [-0.4, -0.2) is 56.0 Å². The van der Waals surface area contributed by atoms with Crippen molar-refractivity contribution in [3.05, 3.63) is 59.7 Å². The fraction of sp³-hybridized carbons (Fsp3) is 0.316. The molecule has 0 radical (unpaired) electrons. The van der Waals surface area contributed by atoms with Gasteiger partial charge in [-0.25, -0.2) is 8.42 Å². The number of nitrogens with zero attached hydrogens (tertiary/aromatic N) is 2. The lowest BCUT2D eigenvalue weighted by Crippen LogP contribution is -2.50. The third-order valence-corrected chi connectivity index (χ3v) is 7.18. The van der Waals surface area contributed by atoms with E-state index in [1.165, 1.54) is 4.31 Å². The maximum absolute atomic E-state index is 12.7. The van der Waals surface area contributed by atoms with E-state index in [1.807, 2.05) is 37.4 Å². The first kappa shape index (κ1) is 18.9. The van der Waals surface area contributed by atoms with Crippen molar-refractivity contribution in [1.29, 1.82) is 0 Å². The van der Waals surface area contributed by atoms with Crippen molar-refractivity contribution in [2.75, 3.05) is 32.4 Å². The van der Waals surface area contributed by atoms with Crippen LogP contribution in [-0.2, 0) is 10.0 Å². The Labute approximate surface area is 159 Å². The molecule has 0 saturated carbocycles. The molecule has 1 amide bonds. The average Bonchev–Trinajstić information content (AvgIpc) is 2.68. The van der Waals surface area contributed by atoms with Gasteiger partial charge in [0, 0.05) is 36.6 Å². The highest BCUT2D eigenvalue weighted by molar-refractivity contribution is 7.98. The number of rotatable bonds is 4. The van der Waals surface area contributed by atoms with Gasteiger partial charge in [0.1, 0.15) is 0 Å². The summed E-state index contributed by atoms with van der Waals surface area (Å²) in [6.45, 7) is 3.34. The van der Waals surface area contributed by atoms with Crippen molar-refractivity contribution >= 4 is 27.7 Å². The van der Waals surface area contributed by atoms with E-state index in [-0.39, 0.29) is 5.91 Å². The van der Waals surface area contributed by atoms with E-state index >= 15 is 0 Å². The van der Waals surface area contributed by atoms with Crippen LogP contribution in [0.3, 0.4) is 0 Å². The third kappa shape index (κ3) is 3.95. The number of piperazine rings is 1. The van der Waals surface area contributed by atoms with Crippen LogP contribution in [0.4, 0.5) is 0 Å². The van der Waals surface area contributed by atoms with Crippen LogP contribution in [0.25, 0.3) is 0 Å². The van der Waals surface area contributed by atoms with E-state index in [9.17, 15) is 13.2 Å². The molecule has 1 heterocycles. The van der Waals surface area contributed by atoms with Crippen LogP contribution in [0.15, 0.2) is 58.3 Å². The number of amides is 1. The average molecular weight is 391 g/mol. The van der Waals surface area contributed by atoms with Crippen LogP contribution < -0.4 is 0 Å². The number of benzene rings is 2. The second kappa shape index (κ2) is 7.82. The van der Waals surface area contributed by atoms with Gasteiger partial charge >= 0.3 is 0 Å². The minimum absolute atomic E-state index is 0.0509. The molecular weight excluding hydrogens is 368 g/mol. The number of carbonyl (C=O) groups excluding carboxylic acids is 1. The van der Waals surface area contributed by atoms with E-state index in [1.54, 1.807) is 40.9 Å². The first-order valence-corrected chi connectivity index (χ1v) is 11.1. The molecule has 2 aromatic rings. The summed E-state index contributed by atoms with van der Waals surface area (Å²) in [5.41, 5.74) is 1.66. The van der Waals surface area contributed by atoms with Gasteiger partial charge in [0.05, 0.1) is 4.90 Å². The summed E-state index contributed by atoms with van der Waals surface area (Å²) in [7, 11) is -3.51. The van der Waals surface area contributed by atoms with Crippen LogP contribution in [0.2, 0.25) is 0 Å². The van der Waals surface area contributed by atoms with Gasteiger partial charge in [-0.3, -0.25) is 4.79 Å². The third-order valence-electron chi connectivity index (χ3n) is 4.52. The molecule has 0 unspecified atom stereocenters. The van der Waals surface area contributed by atoms with E-state index < -0.39 is 10.0 Å². The molecule has 1 fully saturated rings. The van der Waals surface area contributed by atoms with Gasteiger partial charge in [-0.2, -0.15) is 4.31 Å². The van der Waals surface area contributed by atoms with Gasteiger partial charge < -0.3 is 4.90 Å². The molecule has 0 spiro atoms. The Kier molecular flexibility index (Phi) is 5.70. The minimum Gasteiger partial charge on any atom is -0.336 e. The molecule has 1 aliphatic heterocycles. The van der Waals surface area contributed by atoms with Crippen molar-refractivity contribution in [1.82, 2.24) is 9.21 Å². The normalized spacial score (nSPS) is 15.8. The Morgan fingerprint density at radius 1 is 0.923 bits per heavy atom. The van der Waals surface area contributed by atoms with Crippen LogP contribution in [0.1, 0.15) is 15.9 Å². The molecule has 5 nitrogen and oxygen atoms in total. The zero-order valence-electron chi connectivity index (χ0n) is 14.9. The zero-order valence-corrected chi connectivity index (χ0v) is 16.5. The summed E-state index contributed by atoms with van der Waals surface area (Å²) in [6.07, 6.45) is 1.99. The lowest BCUT2D eigenvalue weighted by Gasteiger charge is -2.34. The number of sulfonamides is 1. The lowest BCUT2D eigenvalue weighted by atomic mass is 10.2. The highest BCUT2D eigenvalue weighted by Gasteiger charge is 2.30. The Hall–Kier alpha value is -1.83. The zero-order chi connectivity index (χ0) is 18.7. The maximum atomic E-state index is 12.7. The quantitative estimate of drug-likeness (QED) is 0.754. The van der Waals surface area contributed by atoms with Crippen LogP contribution in [0, 0.1) is 6.92 Å². The number of carbonyl (C=O) groups is 1. The van der Waals surface area contributed by atoms with Gasteiger partial charge in [-0.05, 0) is 49.6 Å². The largest absolute Gasteiger partial charge is 0.336 e. The SMILES string of the molecule is CSc1ccc(C(=O)N2CCN(S(=O)(=O)c3ccc(C)cc3)CC2)cc1. The summed E-state index contributed by atoms with van der Waals surface area (Å²) in [5, 5.41) is 0. The second-order valence-corrected chi connectivity index (χ2v) is 9.06. The van der Waals surface area contributed by atoms with Gasteiger partial charge in [-0.1, -0.05) is 17.7 Å². The highest BCUT2D eigenvalue weighted by atomic mass is 32.2. The second-order valence-electron chi connectivity index (χ2n) is 6.24. The van der Waals surface area contributed by atoms with Gasteiger partial charge in [0.2, 0.25) is 10.0 Å². The van der Waals surface area contributed by atoms with Crippen LogP contribution in [0.5, 0.6) is 0 Å². The molecule has 0 atom stereocenters. The molecule has 0 aliphatic carbocycles. The number of hydrogen-bond donors (Lipinski definition) is 0. The summed E-state index contributed by atoms with van der Waals surface area (Å²) in [6, 6.07) is 14.4.